The van der Waals surface area contributed by atoms with E-state index in [1.54, 1.807) is 39.8 Å². The lowest BCUT2D eigenvalue weighted by Gasteiger charge is -2.46. The number of allylic oxidation sites excluding steroid dienone is 1. The molecule has 2 aliphatic heterocycles. The second-order valence-corrected chi connectivity index (χ2v) is 8.75. The third-order valence-corrected chi connectivity index (χ3v) is 6.40. The molecule has 0 N–H and O–H groups in total. The number of carbonyl (C=O) groups excluding carboxylic acids is 4. The molecule has 158 valence electrons. The number of hydrogen-bond donors (Lipinski definition) is 0. The maximum Gasteiger partial charge on any atom is 0.330 e. The van der Waals surface area contributed by atoms with Crippen molar-refractivity contribution in [2.24, 2.45) is 16.7 Å². The number of esters is 2. The third kappa shape index (κ3) is 3.25. The predicted molar refractivity (Wildman–Crippen MR) is 103 cm³/mol. The Labute approximate surface area is 170 Å². The summed E-state index contributed by atoms with van der Waals surface area (Å²) in [5, 5.41) is 0. The van der Waals surface area contributed by atoms with Crippen molar-refractivity contribution in [1.82, 2.24) is 0 Å². The molecule has 3 aliphatic rings. The lowest BCUT2D eigenvalue weighted by Crippen LogP contribution is -2.57. The van der Waals surface area contributed by atoms with Gasteiger partial charge in [-0.15, -0.1) is 0 Å². The minimum Gasteiger partial charge on any atom is -0.466 e. The summed E-state index contributed by atoms with van der Waals surface area (Å²) in [5.41, 5.74) is -3.39. The number of hydrogen-bond acceptors (Lipinski definition) is 7. The standard InChI is InChI=1S/C22H28O7/c1-6-28-17(24)14-12-22(19(26)21(4)10-8-15(14)29-21)13(11-16(23)27-5)7-9-20(2,3)18(22)25/h8,10-11,14-15H,6-7,9,12H2,1-5H3/b13-11+/t14-,15-,21+,22?/m1/s1. The van der Waals surface area contributed by atoms with Crippen molar-refractivity contribution in [3.63, 3.8) is 0 Å². The number of Topliss-reactive ketones (excluding diaryl/α,β-unsaturated/α-hetero) is 2. The quantitative estimate of drug-likeness (QED) is 0.308. The molecular weight excluding hydrogens is 376 g/mol. The number of rotatable bonds is 3. The summed E-state index contributed by atoms with van der Waals surface area (Å²) < 4.78 is 16.0. The van der Waals surface area contributed by atoms with Gasteiger partial charge in [0.25, 0.3) is 0 Å². The van der Waals surface area contributed by atoms with Gasteiger partial charge < -0.3 is 14.2 Å². The highest BCUT2D eigenvalue weighted by Crippen LogP contribution is 2.55. The maximum atomic E-state index is 13.9. The highest BCUT2D eigenvalue weighted by atomic mass is 16.5. The van der Waals surface area contributed by atoms with Gasteiger partial charge in [-0.3, -0.25) is 14.4 Å². The van der Waals surface area contributed by atoms with Crippen molar-refractivity contribution >= 4 is 23.5 Å². The van der Waals surface area contributed by atoms with Crippen molar-refractivity contribution in [2.45, 2.75) is 58.7 Å². The average molecular weight is 404 g/mol. The lowest BCUT2D eigenvalue weighted by molar-refractivity contribution is -0.155. The van der Waals surface area contributed by atoms with Crippen LogP contribution in [0, 0.1) is 16.7 Å². The van der Waals surface area contributed by atoms with Crippen LogP contribution in [0.2, 0.25) is 0 Å². The Bertz CT molecular complexity index is 821. The molecule has 1 saturated heterocycles. The van der Waals surface area contributed by atoms with Crippen LogP contribution in [0.3, 0.4) is 0 Å². The summed E-state index contributed by atoms with van der Waals surface area (Å²) in [6.07, 6.45) is 4.65. The van der Waals surface area contributed by atoms with E-state index in [4.69, 9.17) is 14.2 Å². The molecular formula is C22H28O7. The normalized spacial score (nSPS) is 36.9. The van der Waals surface area contributed by atoms with Crippen LogP contribution in [0.15, 0.2) is 23.8 Å². The summed E-state index contributed by atoms with van der Waals surface area (Å²) in [7, 11) is 1.24. The topological polar surface area (TPSA) is 96.0 Å². The zero-order valence-electron chi connectivity index (χ0n) is 17.6. The monoisotopic (exact) mass is 404 g/mol. The first kappa shape index (κ1) is 21.4. The Balaban J connectivity index is 2.23. The Morgan fingerprint density at radius 2 is 1.93 bits per heavy atom. The summed E-state index contributed by atoms with van der Waals surface area (Å²) >= 11 is 0. The number of methoxy groups -OCH3 is 1. The molecule has 3 rings (SSSR count). The van der Waals surface area contributed by atoms with Gasteiger partial charge in [0.05, 0.1) is 25.7 Å². The van der Waals surface area contributed by atoms with Gasteiger partial charge in [0.15, 0.2) is 11.6 Å². The molecule has 7 heteroatoms. The molecule has 1 spiro atoms. The zero-order chi connectivity index (χ0) is 21.6. The minimum atomic E-state index is -1.64. The van der Waals surface area contributed by atoms with Gasteiger partial charge in [-0.05, 0) is 44.8 Å². The van der Waals surface area contributed by atoms with Crippen LogP contribution in [-0.4, -0.2) is 48.9 Å². The Morgan fingerprint density at radius 1 is 1.24 bits per heavy atom. The molecule has 7 nitrogen and oxygen atoms in total. The van der Waals surface area contributed by atoms with Gasteiger partial charge in [-0.25, -0.2) is 4.79 Å². The van der Waals surface area contributed by atoms with Gasteiger partial charge in [-0.1, -0.05) is 19.9 Å². The minimum absolute atomic E-state index is 0.0830. The number of fused-ring (bicyclic) bond motifs is 2. The molecule has 29 heavy (non-hydrogen) atoms. The van der Waals surface area contributed by atoms with Crippen molar-refractivity contribution < 1.29 is 33.4 Å². The maximum absolute atomic E-state index is 13.9. The first-order chi connectivity index (χ1) is 13.5. The van der Waals surface area contributed by atoms with Crippen molar-refractivity contribution in [1.29, 1.82) is 0 Å². The summed E-state index contributed by atoms with van der Waals surface area (Å²) in [5.74, 6) is -2.73. The van der Waals surface area contributed by atoms with Crippen molar-refractivity contribution in [3.05, 3.63) is 23.8 Å². The molecule has 2 heterocycles. The Kier molecular flexibility index (Phi) is 5.32. The van der Waals surface area contributed by atoms with Crippen molar-refractivity contribution in [3.8, 4) is 0 Å². The highest BCUT2D eigenvalue weighted by molar-refractivity contribution is 6.17. The SMILES string of the molecule is CCOC(=O)[C@@H]1CC2(C(=O)C(C)(C)CC/C2=C\C(=O)OC)C(=O)[C@]2(C)C=C[C@H]1O2. The van der Waals surface area contributed by atoms with E-state index in [1.807, 2.05) is 0 Å². The van der Waals surface area contributed by atoms with E-state index in [9.17, 15) is 19.2 Å². The van der Waals surface area contributed by atoms with Crippen LogP contribution in [0.5, 0.6) is 0 Å². The van der Waals surface area contributed by atoms with Crippen LogP contribution >= 0.6 is 0 Å². The van der Waals surface area contributed by atoms with E-state index in [0.717, 1.165) is 0 Å². The van der Waals surface area contributed by atoms with E-state index < -0.39 is 46.2 Å². The zero-order valence-corrected chi connectivity index (χ0v) is 17.6. The second kappa shape index (κ2) is 7.20. The molecule has 1 saturated carbocycles. The smallest absolute Gasteiger partial charge is 0.330 e. The Hall–Kier alpha value is -2.28. The van der Waals surface area contributed by atoms with E-state index in [-0.39, 0.29) is 18.8 Å². The van der Waals surface area contributed by atoms with Crippen LogP contribution in [-0.2, 0) is 33.4 Å². The van der Waals surface area contributed by atoms with E-state index >= 15 is 0 Å². The molecule has 4 atom stereocenters. The molecule has 1 aliphatic carbocycles. The molecule has 0 aromatic rings. The predicted octanol–water partition coefficient (Wildman–Crippen LogP) is 2.33. The number of ether oxygens (including phenoxy) is 3. The second-order valence-electron chi connectivity index (χ2n) is 8.75. The van der Waals surface area contributed by atoms with Crippen LogP contribution in [0.1, 0.15) is 47.0 Å². The van der Waals surface area contributed by atoms with Crippen molar-refractivity contribution in [2.75, 3.05) is 13.7 Å². The number of ketones is 2. The van der Waals surface area contributed by atoms with Crippen LogP contribution in [0.25, 0.3) is 0 Å². The van der Waals surface area contributed by atoms with Gasteiger partial charge >= 0.3 is 11.9 Å². The largest absolute Gasteiger partial charge is 0.466 e. The first-order valence-corrected chi connectivity index (χ1v) is 9.94. The van der Waals surface area contributed by atoms with Crippen LogP contribution < -0.4 is 0 Å². The number of carbonyl (C=O) groups is 4. The molecule has 0 amide bonds. The summed E-state index contributed by atoms with van der Waals surface area (Å²) in [6.45, 7) is 7.06. The van der Waals surface area contributed by atoms with Crippen LogP contribution in [0.4, 0.5) is 0 Å². The fourth-order valence-electron chi connectivity index (χ4n) is 4.78. The van der Waals surface area contributed by atoms with Gasteiger partial charge in [0.2, 0.25) is 0 Å². The highest BCUT2D eigenvalue weighted by Gasteiger charge is 2.65. The summed E-state index contributed by atoms with van der Waals surface area (Å²) in [4.78, 5) is 52.5. The molecule has 0 radical (unpaired) electrons. The molecule has 2 bridgehead atoms. The lowest BCUT2D eigenvalue weighted by atomic mass is 9.53. The van der Waals surface area contributed by atoms with Gasteiger partial charge in [0, 0.05) is 11.5 Å². The van der Waals surface area contributed by atoms with E-state index in [0.29, 0.717) is 18.4 Å². The summed E-state index contributed by atoms with van der Waals surface area (Å²) in [6, 6.07) is 0. The van der Waals surface area contributed by atoms with Gasteiger partial charge in [-0.2, -0.15) is 0 Å². The third-order valence-electron chi connectivity index (χ3n) is 6.40. The first-order valence-electron chi connectivity index (χ1n) is 9.94. The molecule has 1 unspecified atom stereocenters. The fraction of sp³-hybridized carbons (Fsp3) is 0.636. The van der Waals surface area contributed by atoms with Gasteiger partial charge in [0.1, 0.15) is 11.0 Å². The van der Waals surface area contributed by atoms with E-state index in [2.05, 4.69) is 0 Å². The molecule has 0 aromatic heterocycles. The van der Waals surface area contributed by atoms with E-state index in [1.165, 1.54) is 13.2 Å². The Morgan fingerprint density at radius 3 is 2.55 bits per heavy atom. The fourth-order valence-corrected chi connectivity index (χ4v) is 4.78. The molecule has 2 fully saturated rings. The average Bonchev–Trinajstić information content (AvgIpc) is 3.03. The molecule has 0 aromatic carbocycles.